The van der Waals surface area contributed by atoms with E-state index in [-0.39, 0.29) is 24.8 Å². The van der Waals surface area contributed by atoms with E-state index in [1.165, 1.54) is 12.8 Å². The van der Waals surface area contributed by atoms with E-state index in [1.54, 1.807) is 25.6 Å². The summed E-state index contributed by atoms with van der Waals surface area (Å²) in [6, 6.07) is 5.80. The van der Waals surface area contributed by atoms with Gasteiger partial charge in [-0.05, 0) is 30.5 Å². The number of fused-ring (bicyclic) bond motifs is 1. The normalized spacial score (nSPS) is 16.3. The van der Waals surface area contributed by atoms with E-state index in [2.05, 4.69) is 15.3 Å². The van der Waals surface area contributed by atoms with Gasteiger partial charge in [0.1, 0.15) is 0 Å². The van der Waals surface area contributed by atoms with Gasteiger partial charge in [-0.3, -0.25) is 14.6 Å². The maximum Gasteiger partial charge on any atom is 0.256 e. The highest BCUT2D eigenvalue weighted by Gasteiger charge is 2.35. The molecule has 1 aliphatic carbocycles. The van der Waals surface area contributed by atoms with Gasteiger partial charge in [0.15, 0.2) is 0 Å². The van der Waals surface area contributed by atoms with Gasteiger partial charge in [-0.25, -0.2) is 4.98 Å². The lowest BCUT2D eigenvalue weighted by Gasteiger charge is -2.22. The molecule has 2 aromatic rings. The Kier molecular flexibility index (Phi) is 5.23. The first-order valence-electron chi connectivity index (χ1n) is 9.69. The summed E-state index contributed by atoms with van der Waals surface area (Å²) in [7, 11) is 1.56. The summed E-state index contributed by atoms with van der Waals surface area (Å²) in [5.41, 5.74) is 2.95. The molecule has 1 fully saturated rings. The average molecular weight is 380 g/mol. The monoisotopic (exact) mass is 380 g/mol. The Balaban J connectivity index is 1.46. The first-order valence-corrected chi connectivity index (χ1v) is 9.69. The van der Waals surface area contributed by atoms with Crippen molar-refractivity contribution in [3.63, 3.8) is 0 Å². The lowest BCUT2D eigenvalue weighted by atomic mass is 10.1. The third-order valence-corrected chi connectivity index (χ3v) is 5.47. The molecule has 0 spiro atoms. The van der Waals surface area contributed by atoms with Gasteiger partial charge in [-0.2, -0.15) is 0 Å². The maximum absolute atomic E-state index is 12.9. The molecule has 0 radical (unpaired) electrons. The summed E-state index contributed by atoms with van der Waals surface area (Å²) in [5, 5.41) is 2.88. The Morgan fingerprint density at radius 3 is 2.89 bits per heavy atom. The number of carbonyl (C=O) groups is 2. The van der Waals surface area contributed by atoms with Crippen LogP contribution in [0.3, 0.4) is 0 Å². The number of nitrogens with zero attached hydrogens (tertiary/aromatic N) is 3. The molecule has 0 atom stereocenters. The molecular formula is C21H24N4O3. The second-order valence-corrected chi connectivity index (χ2v) is 7.34. The van der Waals surface area contributed by atoms with Crippen molar-refractivity contribution >= 4 is 11.8 Å². The number of amides is 2. The lowest BCUT2D eigenvalue weighted by molar-refractivity contribution is -0.120. The smallest absolute Gasteiger partial charge is 0.256 e. The minimum Gasteiger partial charge on any atom is -0.481 e. The van der Waals surface area contributed by atoms with Crippen LogP contribution < -0.4 is 10.1 Å². The Morgan fingerprint density at radius 1 is 1.36 bits per heavy atom. The third kappa shape index (κ3) is 3.69. The molecule has 0 aromatic carbocycles. The van der Waals surface area contributed by atoms with Crippen molar-refractivity contribution in [2.24, 2.45) is 0 Å². The summed E-state index contributed by atoms with van der Waals surface area (Å²) in [4.78, 5) is 35.6. The van der Waals surface area contributed by atoms with E-state index in [9.17, 15) is 9.59 Å². The summed E-state index contributed by atoms with van der Waals surface area (Å²) >= 11 is 0. The maximum atomic E-state index is 12.9. The fourth-order valence-electron chi connectivity index (χ4n) is 4.03. The highest BCUT2D eigenvalue weighted by Crippen LogP contribution is 2.33. The molecule has 1 aliphatic heterocycles. The molecule has 4 rings (SSSR count). The van der Waals surface area contributed by atoms with E-state index in [1.807, 2.05) is 17.0 Å². The summed E-state index contributed by atoms with van der Waals surface area (Å²) in [6.45, 7) is 0.808. The Hall–Kier alpha value is -2.96. The minimum absolute atomic E-state index is 0.0417. The van der Waals surface area contributed by atoms with Crippen LogP contribution in [0.15, 0.2) is 30.6 Å². The van der Waals surface area contributed by atoms with Crippen LogP contribution in [0.5, 0.6) is 5.88 Å². The first-order chi connectivity index (χ1) is 13.7. The zero-order chi connectivity index (χ0) is 19.5. The minimum atomic E-state index is -0.116. The standard InChI is InChI=1S/C21H24N4O3/c1-28-20-15(12-23-19(26)9-14-5-4-8-22-11-14)10-17-18(24-20)13-25(21(17)27)16-6-2-3-7-16/h4-5,8,10-11,16H,2-3,6-7,9,12-13H2,1H3,(H,23,26). The Bertz CT molecular complexity index is 879. The number of methoxy groups -OCH3 is 1. The van der Waals surface area contributed by atoms with Crippen molar-refractivity contribution in [3.8, 4) is 5.88 Å². The second kappa shape index (κ2) is 7.96. The molecule has 0 saturated heterocycles. The van der Waals surface area contributed by atoms with Crippen molar-refractivity contribution in [1.29, 1.82) is 0 Å². The average Bonchev–Trinajstić information content (AvgIpc) is 3.34. The predicted molar refractivity (Wildman–Crippen MR) is 103 cm³/mol. The lowest BCUT2D eigenvalue weighted by Crippen LogP contribution is -2.33. The van der Waals surface area contributed by atoms with Crippen LogP contribution in [0.1, 0.15) is 52.9 Å². The van der Waals surface area contributed by atoms with Crippen LogP contribution in [0.4, 0.5) is 0 Å². The van der Waals surface area contributed by atoms with Gasteiger partial charge in [0.05, 0.1) is 31.3 Å². The number of ether oxygens (including phenoxy) is 1. The van der Waals surface area contributed by atoms with Gasteiger partial charge in [0.25, 0.3) is 5.91 Å². The van der Waals surface area contributed by atoms with Gasteiger partial charge in [0, 0.05) is 30.5 Å². The van der Waals surface area contributed by atoms with Crippen LogP contribution in [0, 0.1) is 0 Å². The van der Waals surface area contributed by atoms with Crippen LogP contribution in [-0.2, 0) is 24.3 Å². The highest BCUT2D eigenvalue weighted by atomic mass is 16.5. The molecule has 146 valence electrons. The number of pyridine rings is 2. The van der Waals surface area contributed by atoms with E-state index in [4.69, 9.17) is 4.74 Å². The Morgan fingerprint density at radius 2 is 2.18 bits per heavy atom. The van der Waals surface area contributed by atoms with Crippen molar-refractivity contribution in [3.05, 3.63) is 53.0 Å². The Labute approximate surface area is 164 Å². The number of nitrogens with one attached hydrogen (secondary N) is 1. The molecular weight excluding hydrogens is 356 g/mol. The van der Waals surface area contributed by atoms with Crippen molar-refractivity contribution in [1.82, 2.24) is 20.2 Å². The van der Waals surface area contributed by atoms with Crippen LogP contribution in [0.2, 0.25) is 0 Å². The predicted octanol–water partition coefficient (Wildman–Crippen LogP) is 2.24. The van der Waals surface area contributed by atoms with Crippen molar-refractivity contribution in [2.45, 2.75) is 51.2 Å². The molecule has 0 unspecified atom stereocenters. The van der Waals surface area contributed by atoms with Gasteiger partial charge < -0.3 is 15.0 Å². The van der Waals surface area contributed by atoms with E-state index >= 15 is 0 Å². The van der Waals surface area contributed by atoms with E-state index < -0.39 is 0 Å². The molecule has 0 bridgehead atoms. The molecule has 28 heavy (non-hydrogen) atoms. The quantitative estimate of drug-likeness (QED) is 0.831. The fraction of sp³-hybridized carbons (Fsp3) is 0.429. The van der Waals surface area contributed by atoms with Crippen LogP contribution in [0.25, 0.3) is 0 Å². The van der Waals surface area contributed by atoms with Crippen molar-refractivity contribution < 1.29 is 14.3 Å². The van der Waals surface area contributed by atoms with E-state index in [0.717, 1.165) is 24.1 Å². The van der Waals surface area contributed by atoms with Crippen LogP contribution >= 0.6 is 0 Å². The van der Waals surface area contributed by atoms with Crippen LogP contribution in [-0.4, -0.2) is 39.8 Å². The fourth-order valence-corrected chi connectivity index (χ4v) is 4.03. The summed E-state index contributed by atoms with van der Waals surface area (Å²) < 4.78 is 5.41. The number of carbonyl (C=O) groups excluding carboxylic acids is 2. The topological polar surface area (TPSA) is 84.4 Å². The third-order valence-electron chi connectivity index (χ3n) is 5.47. The summed E-state index contributed by atoms with van der Waals surface area (Å²) in [6.07, 6.45) is 8.08. The number of hydrogen-bond acceptors (Lipinski definition) is 5. The van der Waals surface area contributed by atoms with Crippen molar-refractivity contribution in [2.75, 3.05) is 7.11 Å². The molecule has 2 aliphatic rings. The first kappa shape index (κ1) is 18.4. The number of hydrogen-bond donors (Lipinski definition) is 1. The molecule has 7 heteroatoms. The summed E-state index contributed by atoms with van der Waals surface area (Å²) in [5.74, 6) is 0.385. The van der Waals surface area contributed by atoms with Gasteiger partial charge >= 0.3 is 0 Å². The number of aromatic nitrogens is 2. The highest BCUT2D eigenvalue weighted by molar-refractivity contribution is 5.98. The largest absolute Gasteiger partial charge is 0.481 e. The molecule has 3 heterocycles. The second-order valence-electron chi connectivity index (χ2n) is 7.34. The zero-order valence-electron chi connectivity index (χ0n) is 16.0. The molecule has 2 aromatic heterocycles. The number of rotatable bonds is 6. The molecule has 1 saturated carbocycles. The SMILES string of the molecule is COc1nc2c(cc1CNC(=O)Cc1cccnc1)C(=O)N(C1CCCC1)C2. The van der Waals surface area contributed by atoms with Gasteiger partial charge in [-0.1, -0.05) is 18.9 Å². The van der Waals surface area contributed by atoms with Gasteiger partial charge in [0.2, 0.25) is 11.8 Å². The molecule has 2 amide bonds. The van der Waals surface area contributed by atoms with E-state index in [0.29, 0.717) is 29.6 Å². The molecule has 1 N–H and O–H groups in total. The van der Waals surface area contributed by atoms with Gasteiger partial charge in [-0.15, -0.1) is 0 Å². The zero-order valence-corrected chi connectivity index (χ0v) is 16.0. The molecule has 7 nitrogen and oxygen atoms in total.